The van der Waals surface area contributed by atoms with E-state index in [9.17, 15) is 15.4 Å². The van der Waals surface area contributed by atoms with Gasteiger partial charge in [-0.15, -0.1) is 0 Å². The number of benzene rings is 3. The number of hydrogen-bond donors (Lipinski definition) is 2. The lowest BCUT2D eigenvalue weighted by molar-refractivity contribution is -0.0762. The van der Waals surface area contributed by atoms with Gasteiger partial charge in [0.25, 0.3) is 0 Å². The van der Waals surface area contributed by atoms with E-state index in [1.165, 1.54) is 16.3 Å². The van der Waals surface area contributed by atoms with Crippen LogP contribution < -0.4 is 15.7 Å². The number of nitrogens with zero attached hydrogens (tertiary/aromatic N) is 5. The van der Waals surface area contributed by atoms with E-state index >= 15 is 0 Å². The van der Waals surface area contributed by atoms with E-state index in [2.05, 4.69) is 20.3 Å². The number of nitrogens with one attached hydrogen (secondary N) is 1. The van der Waals surface area contributed by atoms with Crippen LogP contribution in [0.1, 0.15) is 22.9 Å². The minimum absolute atomic E-state index is 0.0706. The first-order chi connectivity index (χ1) is 22.9. The van der Waals surface area contributed by atoms with Crippen LogP contribution in [0.5, 0.6) is 5.75 Å². The van der Waals surface area contributed by atoms with Crippen LogP contribution in [0.4, 0.5) is 5.82 Å². The Bertz CT molecular complexity index is 1700. The topological polar surface area (TPSA) is 153 Å². The zero-order valence-corrected chi connectivity index (χ0v) is 27.3. The van der Waals surface area contributed by atoms with Crippen molar-refractivity contribution >= 4 is 34.2 Å². The number of anilines is 1. The molecule has 4 aromatic rings. The molecule has 2 heterocycles. The van der Waals surface area contributed by atoms with Crippen LogP contribution in [0, 0.1) is 0 Å². The predicted octanol–water partition coefficient (Wildman–Crippen LogP) is 5.27. The van der Waals surface area contributed by atoms with Crippen molar-refractivity contribution in [1.29, 1.82) is 0 Å². The summed E-state index contributed by atoms with van der Waals surface area (Å²) >= 11 is 6.36. The van der Waals surface area contributed by atoms with Gasteiger partial charge in [0.2, 0.25) is 4.38 Å². The number of aliphatic hydroxyl groups is 1. The van der Waals surface area contributed by atoms with Crippen molar-refractivity contribution in [2.24, 2.45) is 5.11 Å². The quantitative estimate of drug-likeness (QED) is 0.0479. The molecule has 1 aliphatic heterocycles. The fourth-order valence-corrected chi connectivity index (χ4v) is 5.93. The first-order valence-electron chi connectivity index (χ1n) is 14.7. The van der Waals surface area contributed by atoms with Gasteiger partial charge in [-0.25, -0.2) is 4.79 Å². The van der Waals surface area contributed by atoms with Crippen LogP contribution in [0.3, 0.4) is 0 Å². The summed E-state index contributed by atoms with van der Waals surface area (Å²) in [6.45, 7) is -0.243. The smallest absolute Gasteiger partial charge is 0.351 e. The minimum Gasteiger partial charge on any atom is -0.497 e. The molecule has 3 aromatic carbocycles. The number of thiocarbonyl (C=S) groups is 1. The molecule has 0 spiro atoms. The number of thioether (sulfide) groups is 1. The molecule has 0 bridgehead atoms. The van der Waals surface area contributed by atoms with Crippen molar-refractivity contribution in [2.45, 2.75) is 30.0 Å². The highest BCUT2D eigenvalue weighted by Gasteiger charge is 2.46. The zero-order valence-electron chi connectivity index (χ0n) is 25.7. The predicted molar refractivity (Wildman–Crippen MR) is 184 cm³/mol. The van der Waals surface area contributed by atoms with Crippen LogP contribution in [0.15, 0.2) is 107 Å². The highest BCUT2D eigenvalue weighted by molar-refractivity contribution is 8.22. The van der Waals surface area contributed by atoms with Crippen LogP contribution in [-0.2, 0) is 19.7 Å². The molecule has 2 N–H and O–H groups in total. The summed E-state index contributed by atoms with van der Waals surface area (Å²) in [5.74, 6) is 1.01. The number of aromatic nitrogens is 2. The van der Waals surface area contributed by atoms with E-state index in [-0.39, 0.29) is 13.2 Å². The first kappa shape index (κ1) is 33.9. The number of ether oxygens (including phenoxy) is 4. The monoisotopic (exact) mass is 674 g/mol. The normalized spacial score (nSPS) is 19.0. The van der Waals surface area contributed by atoms with Crippen molar-refractivity contribution in [2.75, 3.05) is 38.5 Å². The van der Waals surface area contributed by atoms with Crippen molar-refractivity contribution in [3.8, 4) is 5.75 Å². The Hall–Kier alpha value is -4.43. The lowest BCUT2D eigenvalue weighted by Gasteiger charge is -2.37. The molecule has 0 radical (unpaired) electrons. The first-order valence-corrected chi connectivity index (χ1v) is 16.3. The van der Waals surface area contributed by atoms with Gasteiger partial charge < -0.3 is 29.4 Å². The summed E-state index contributed by atoms with van der Waals surface area (Å²) in [6, 6.07) is 28.2. The molecule has 5 rings (SSSR count). The fourth-order valence-electron chi connectivity index (χ4n) is 5.64. The Morgan fingerprint density at radius 1 is 1.06 bits per heavy atom. The second-order valence-corrected chi connectivity index (χ2v) is 11.8. The molecule has 0 unspecified atom stereocenters. The lowest BCUT2D eigenvalue weighted by Crippen LogP contribution is -2.40. The van der Waals surface area contributed by atoms with Gasteiger partial charge in [0.05, 0.1) is 32.5 Å². The highest BCUT2D eigenvalue weighted by Crippen LogP contribution is 2.40. The maximum Gasteiger partial charge on any atom is 0.351 e. The molecule has 244 valence electrons. The average Bonchev–Trinajstić information content (AvgIpc) is 3.46. The van der Waals surface area contributed by atoms with Gasteiger partial charge in [-0.2, -0.15) is 4.98 Å². The number of rotatable bonds is 13. The molecule has 14 heteroatoms. The summed E-state index contributed by atoms with van der Waals surface area (Å²) in [7, 11) is 1.61. The third kappa shape index (κ3) is 7.43. The van der Waals surface area contributed by atoms with Gasteiger partial charge in [0.15, 0.2) is 6.23 Å². The number of hydrogen-bond acceptors (Lipinski definition) is 11. The van der Waals surface area contributed by atoms with E-state index in [1.807, 2.05) is 84.9 Å². The molecule has 0 amide bonds. The van der Waals surface area contributed by atoms with E-state index in [4.69, 9.17) is 31.2 Å². The minimum atomic E-state index is -1.04. The van der Waals surface area contributed by atoms with Gasteiger partial charge in [-0.1, -0.05) is 89.7 Å². The van der Waals surface area contributed by atoms with Crippen molar-refractivity contribution in [3.05, 3.63) is 135 Å². The second kappa shape index (κ2) is 15.9. The van der Waals surface area contributed by atoms with Crippen molar-refractivity contribution < 1.29 is 24.1 Å². The standard InChI is InChI=1S/C33H34N6O6S2/c1-42-25-15-13-24(14-16-25)33(22-9-5-3-6-10-22,23-11-7-4-8-12-23)36-27-17-18-39(31(41)35-27)30-29(43-19-20-44-32(46)47-2)28(37-38-34)26(21-40)45-30/h3-18,26,28-30,40H,19-21H2,1-2H3,(H,35,36,41)/t26-,28-,29-,30-/m1/s1. The van der Waals surface area contributed by atoms with E-state index in [0.29, 0.717) is 16.0 Å². The van der Waals surface area contributed by atoms with Gasteiger partial charge >= 0.3 is 5.69 Å². The molecule has 1 saturated heterocycles. The van der Waals surface area contributed by atoms with Crippen LogP contribution in [0.2, 0.25) is 0 Å². The molecule has 0 saturated carbocycles. The lowest BCUT2D eigenvalue weighted by atomic mass is 9.77. The summed E-state index contributed by atoms with van der Waals surface area (Å²) in [4.78, 5) is 21.1. The molecule has 1 fully saturated rings. The van der Waals surface area contributed by atoms with E-state index in [1.54, 1.807) is 25.6 Å². The molecule has 47 heavy (non-hydrogen) atoms. The van der Waals surface area contributed by atoms with E-state index < -0.39 is 42.3 Å². The Kier molecular flexibility index (Phi) is 11.5. The molecular formula is C33H34N6O6S2. The Balaban J connectivity index is 1.53. The highest BCUT2D eigenvalue weighted by atomic mass is 32.2. The largest absolute Gasteiger partial charge is 0.497 e. The van der Waals surface area contributed by atoms with Crippen molar-refractivity contribution in [1.82, 2.24) is 9.55 Å². The second-order valence-electron chi connectivity index (χ2n) is 10.4. The molecule has 4 atom stereocenters. The third-order valence-corrected chi connectivity index (χ3v) is 8.88. The van der Waals surface area contributed by atoms with Gasteiger partial charge in [-0.3, -0.25) is 4.57 Å². The van der Waals surface area contributed by atoms with Gasteiger partial charge in [0, 0.05) is 11.1 Å². The molecule has 1 aromatic heterocycles. The molecule has 1 aliphatic rings. The summed E-state index contributed by atoms with van der Waals surface area (Å²) in [5.41, 5.74) is 10.4. The Morgan fingerprint density at radius 2 is 1.70 bits per heavy atom. The summed E-state index contributed by atoms with van der Waals surface area (Å²) < 4.78 is 24.5. The van der Waals surface area contributed by atoms with Crippen LogP contribution in [-0.4, -0.2) is 70.5 Å². The van der Waals surface area contributed by atoms with Crippen LogP contribution in [0.25, 0.3) is 10.4 Å². The van der Waals surface area contributed by atoms with Gasteiger partial charge in [0.1, 0.15) is 29.8 Å². The summed E-state index contributed by atoms with van der Waals surface area (Å²) in [6.07, 6.45) is 0.475. The average molecular weight is 675 g/mol. The number of aliphatic hydroxyl groups excluding tert-OH is 1. The molecular weight excluding hydrogens is 641 g/mol. The maximum absolute atomic E-state index is 13.7. The summed E-state index contributed by atoms with van der Waals surface area (Å²) in [5, 5.41) is 17.4. The Morgan fingerprint density at radius 3 is 2.26 bits per heavy atom. The van der Waals surface area contributed by atoms with E-state index in [0.717, 1.165) is 16.7 Å². The zero-order chi connectivity index (χ0) is 33.2. The Labute approximate surface area is 281 Å². The van der Waals surface area contributed by atoms with Crippen molar-refractivity contribution in [3.63, 3.8) is 0 Å². The van der Waals surface area contributed by atoms with Crippen LogP contribution >= 0.6 is 24.0 Å². The van der Waals surface area contributed by atoms with Gasteiger partial charge in [-0.05, 0) is 58.9 Å². The SMILES string of the molecule is COc1ccc(C(Nc2ccn([C@@H]3O[C@H](CO)[C@@H](N=[N+]=[N-])[C@H]3OCCOC(=S)SC)c(=O)n2)(c2ccccc2)c2ccccc2)cc1. The third-order valence-electron chi connectivity index (χ3n) is 7.81. The maximum atomic E-state index is 13.7. The number of methoxy groups -OCH3 is 1. The molecule has 0 aliphatic carbocycles. The fraction of sp³-hybridized carbons (Fsp3) is 0.303. The number of azide groups is 1. The molecule has 12 nitrogen and oxygen atoms in total.